The van der Waals surface area contributed by atoms with Crippen LogP contribution in [0.4, 0.5) is 0 Å². The second kappa shape index (κ2) is 14.3. The van der Waals surface area contributed by atoms with Crippen LogP contribution in [-0.2, 0) is 30.9 Å². The molecule has 0 aromatic heterocycles. The van der Waals surface area contributed by atoms with Crippen molar-refractivity contribution in [1.82, 2.24) is 4.31 Å². The number of rotatable bonds is 15. The van der Waals surface area contributed by atoms with Gasteiger partial charge in [0.15, 0.2) is 0 Å². The van der Waals surface area contributed by atoms with Crippen molar-refractivity contribution in [2.45, 2.75) is 70.1 Å². The summed E-state index contributed by atoms with van der Waals surface area (Å²) in [4.78, 5) is 12.8. The lowest BCUT2D eigenvalue weighted by atomic mass is 10.1. The van der Waals surface area contributed by atoms with E-state index in [-0.39, 0.29) is 17.4 Å². The van der Waals surface area contributed by atoms with Gasteiger partial charge in [0.1, 0.15) is 6.04 Å². The summed E-state index contributed by atoms with van der Waals surface area (Å²) in [7, 11) is -2.68. The van der Waals surface area contributed by atoms with Gasteiger partial charge in [-0.3, -0.25) is 4.79 Å². The van der Waals surface area contributed by atoms with Crippen molar-refractivity contribution < 1.29 is 27.8 Å². The molecule has 0 radical (unpaired) electrons. The molecule has 1 N–H and O–H groups in total. The normalized spacial score (nSPS) is 13.7. The van der Waals surface area contributed by atoms with Crippen molar-refractivity contribution in [1.29, 1.82) is 0 Å². The number of carbonyl (C=O) groups excluding carboxylic acids is 1. The quantitative estimate of drug-likeness (QED) is 0.278. The lowest BCUT2D eigenvalue weighted by Crippen LogP contribution is -2.46. The highest BCUT2D eigenvalue weighted by atomic mass is 32.2. The fraction of sp³-hybridized carbons (Fsp3) is 0.519. The maximum atomic E-state index is 13.6. The number of hydrogen-bond donors (Lipinski definition) is 1. The molecule has 2 aromatic rings. The van der Waals surface area contributed by atoms with Crippen LogP contribution in [0.1, 0.15) is 63.7 Å². The molecule has 0 aliphatic carbocycles. The minimum Gasteiger partial charge on any atom is -0.468 e. The molecule has 194 valence electrons. The lowest BCUT2D eigenvalue weighted by molar-refractivity contribution is -0.145. The van der Waals surface area contributed by atoms with Gasteiger partial charge in [-0.15, -0.1) is 0 Å². The Morgan fingerprint density at radius 3 is 2.20 bits per heavy atom. The topological polar surface area (TPSA) is 93.1 Å². The Morgan fingerprint density at radius 2 is 1.63 bits per heavy atom. The van der Waals surface area contributed by atoms with Crippen molar-refractivity contribution in [3.63, 3.8) is 0 Å². The molecule has 7 nitrogen and oxygen atoms in total. The van der Waals surface area contributed by atoms with Gasteiger partial charge in [-0.05, 0) is 61.8 Å². The molecular formula is C27H39NO6S. The third-order valence-electron chi connectivity index (χ3n) is 5.84. The standard InChI is InChI=1S/C27H39NO6S/c1-21(2)17-18-28(35(31,32)25-15-13-24(14-16-25)22(3)29)26(27(30)33-4)12-8-9-19-34-20-23-10-6-5-7-11-23/h5-7,10-11,13-16,21-22,26,29H,8-9,12,17-20H2,1-4H3/t22-,26+/m0/s1. The van der Waals surface area contributed by atoms with Crippen molar-refractivity contribution in [3.8, 4) is 0 Å². The van der Waals surface area contributed by atoms with Gasteiger partial charge in [0.2, 0.25) is 10.0 Å². The summed E-state index contributed by atoms with van der Waals surface area (Å²) < 4.78 is 39.2. The monoisotopic (exact) mass is 505 g/mol. The van der Waals surface area contributed by atoms with Gasteiger partial charge in [-0.2, -0.15) is 4.31 Å². The van der Waals surface area contributed by atoms with Crippen LogP contribution >= 0.6 is 0 Å². The summed E-state index contributed by atoms with van der Waals surface area (Å²) >= 11 is 0. The van der Waals surface area contributed by atoms with Gasteiger partial charge in [0, 0.05) is 13.2 Å². The molecule has 0 saturated heterocycles. The Bertz CT molecular complexity index is 990. The van der Waals surface area contributed by atoms with Crippen LogP contribution in [0.2, 0.25) is 0 Å². The summed E-state index contributed by atoms with van der Waals surface area (Å²) in [5, 5.41) is 9.76. The van der Waals surface area contributed by atoms with E-state index in [1.54, 1.807) is 19.1 Å². The molecule has 35 heavy (non-hydrogen) atoms. The van der Waals surface area contributed by atoms with Gasteiger partial charge < -0.3 is 14.6 Å². The van der Waals surface area contributed by atoms with E-state index in [4.69, 9.17) is 9.47 Å². The third kappa shape index (κ3) is 9.04. The summed E-state index contributed by atoms with van der Waals surface area (Å²) in [6, 6.07) is 15.1. The van der Waals surface area contributed by atoms with Crippen LogP contribution in [0.25, 0.3) is 0 Å². The summed E-state index contributed by atoms with van der Waals surface area (Å²) in [6.45, 7) is 6.89. The molecule has 2 aromatic carbocycles. The van der Waals surface area contributed by atoms with Crippen LogP contribution < -0.4 is 0 Å². The smallest absolute Gasteiger partial charge is 0.324 e. The molecule has 0 fully saturated rings. The molecule has 0 bridgehead atoms. The highest BCUT2D eigenvalue weighted by Crippen LogP contribution is 2.25. The molecular weight excluding hydrogens is 466 g/mol. The molecule has 0 unspecified atom stereocenters. The number of aliphatic hydroxyl groups excluding tert-OH is 1. The minimum atomic E-state index is -3.96. The molecule has 8 heteroatoms. The highest BCUT2D eigenvalue weighted by molar-refractivity contribution is 7.89. The van der Waals surface area contributed by atoms with Crippen LogP contribution in [0.5, 0.6) is 0 Å². The SMILES string of the molecule is COC(=O)[C@@H](CCCCOCc1ccccc1)N(CCC(C)C)S(=O)(=O)c1ccc([C@H](C)O)cc1. The Morgan fingerprint density at radius 1 is 0.971 bits per heavy atom. The number of esters is 1. The molecule has 0 aliphatic rings. The van der Waals surface area contributed by atoms with Crippen molar-refractivity contribution in [2.75, 3.05) is 20.3 Å². The van der Waals surface area contributed by atoms with E-state index in [9.17, 15) is 18.3 Å². The van der Waals surface area contributed by atoms with Crippen LogP contribution in [0.15, 0.2) is 59.5 Å². The number of unbranched alkanes of at least 4 members (excludes halogenated alkanes) is 1. The fourth-order valence-electron chi connectivity index (χ4n) is 3.70. The third-order valence-corrected chi connectivity index (χ3v) is 7.77. The zero-order valence-corrected chi connectivity index (χ0v) is 22.0. The van der Waals surface area contributed by atoms with Gasteiger partial charge in [0.25, 0.3) is 0 Å². The number of nitrogens with zero attached hydrogens (tertiary/aromatic N) is 1. The number of ether oxygens (including phenoxy) is 2. The molecule has 2 atom stereocenters. The zero-order valence-electron chi connectivity index (χ0n) is 21.2. The highest BCUT2D eigenvalue weighted by Gasteiger charge is 2.36. The largest absolute Gasteiger partial charge is 0.468 e. The van der Waals surface area contributed by atoms with Gasteiger partial charge in [-0.1, -0.05) is 56.3 Å². The number of sulfonamides is 1. The summed E-state index contributed by atoms with van der Waals surface area (Å²) in [5.74, 6) is -0.307. The maximum Gasteiger partial charge on any atom is 0.324 e. The average Bonchev–Trinajstić information content (AvgIpc) is 2.84. The van der Waals surface area contributed by atoms with Gasteiger partial charge in [-0.25, -0.2) is 8.42 Å². The lowest BCUT2D eigenvalue weighted by Gasteiger charge is -2.30. The van der Waals surface area contributed by atoms with Crippen LogP contribution in [-0.4, -0.2) is 50.1 Å². The number of hydrogen-bond acceptors (Lipinski definition) is 6. The molecule has 0 amide bonds. The number of benzene rings is 2. The first kappa shape index (κ1) is 29.0. The molecule has 0 aliphatic heterocycles. The van der Waals surface area contributed by atoms with E-state index in [0.29, 0.717) is 44.5 Å². The van der Waals surface area contributed by atoms with Crippen molar-refractivity contribution in [3.05, 3.63) is 65.7 Å². The Balaban J connectivity index is 2.12. The zero-order chi connectivity index (χ0) is 25.8. The first-order valence-electron chi connectivity index (χ1n) is 12.2. The van der Waals surface area contributed by atoms with E-state index < -0.39 is 28.1 Å². The molecule has 2 rings (SSSR count). The second-order valence-electron chi connectivity index (χ2n) is 9.12. The van der Waals surface area contributed by atoms with Gasteiger partial charge in [0.05, 0.1) is 24.7 Å². The van der Waals surface area contributed by atoms with Crippen LogP contribution in [0, 0.1) is 5.92 Å². The van der Waals surface area contributed by atoms with Gasteiger partial charge >= 0.3 is 5.97 Å². The molecule has 0 heterocycles. The number of carbonyl (C=O) groups is 1. The van der Waals surface area contributed by atoms with E-state index in [1.165, 1.54) is 23.5 Å². The van der Waals surface area contributed by atoms with E-state index in [0.717, 1.165) is 5.56 Å². The Hall–Kier alpha value is -2.26. The average molecular weight is 506 g/mol. The van der Waals surface area contributed by atoms with Crippen molar-refractivity contribution in [2.24, 2.45) is 5.92 Å². The van der Waals surface area contributed by atoms with E-state index in [2.05, 4.69) is 0 Å². The minimum absolute atomic E-state index is 0.0887. The predicted octanol–water partition coefficient (Wildman–Crippen LogP) is 4.71. The predicted molar refractivity (Wildman–Crippen MR) is 136 cm³/mol. The van der Waals surface area contributed by atoms with Crippen LogP contribution in [0.3, 0.4) is 0 Å². The molecule has 0 spiro atoms. The summed E-state index contributed by atoms with van der Waals surface area (Å²) in [6.07, 6.45) is 1.56. The Kier molecular flexibility index (Phi) is 11.9. The number of aliphatic hydroxyl groups is 1. The second-order valence-corrected chi connectivity index (χ2v) is 11.0. The van der Waals surface area contributed by atoms with Crippen molar-refractivity contribution >= 4 is 16.0 Å². The molecule has 0 saturated carbocycles. The van der Waals surface area contributed by atoms with E-state index in [1.807, 2.05) is 44.2 Å². The first-order valence-corrected chi connectivity index (χ1v) is 13.6. The summed E-state index contributed by atoms with van der Waals surface area (Å²) in [5.41, 5.74) is 1.71. The number of methoxy groups -OCH3 is 1. The first-order chi connectivity index (χ1) is 16.7. The van der Waals surface area contributed by atoms with E-state index >= 15 is 0 Å². The maximum absolute atomic E-state index is 13.6. The fourth-order valence-corrected chi connectivity index (χ4v) is 5.33. The Labute approximate surface area is 210 Å².